The lowest BCUT2D eigenvalue weighted by molar-refractivity contribution is -0.135. The average molecular weight is 372 g/mol. The molecule has 3 rings (SSSR count). The number of carbonyl (C=O) groups is 2. The first kappa shape index (κ1) is 19.0. The summed E-state index contributed by atoms with van der Waals surface area (Å²) in [6, 6.07) is 6.90. The molecule has 0 bridgehead atoms. The number of halogens is 2. The first-order chi connectivity index (χ1) is 11.1. The number of fused-ring (bicyclic) bond motifs is 1. The second-order valence-corrected chi connectivity index (χ2v) is 6.90. The van der Waals surface area contributed by atoms with E-state index in [4.69, 9.17) is 11.6 Å². The Hall–Kier alpha value is -1.30. The topological polar surface area (TPSA) is 70.2 Å². The van der Waals surface area contributed by atoms with Gasteiger partial charge < -0.3 is 16.0 Å². The van der Waals surface area contributed by atoms with Gasteiger partial charge in [-0.05, 0) is 49.6 Å². The van der Waals surface area contributed by atoms with Crippen LogP contribution in [0.15, 0.2) is 24.3 Å². The molecule has 132 valence electrons. The lowest BCUT2D eigenvalue weighted by atomic mass is 9.67. The van der Waals surface area contributed by atoms with Crippen LogP contribution in [0, 0.1) is 11.3 Å². The van der Waals surface area contributed by atoms with Crippen molar-refractivity contribution < 1.29 is 9.59 Å². The van der Waals surface area contributed by atoms with Gasteiger partial charge in [-0.2, -0.15) is 0 Å². The highest BCUT2D eigenvalue weighted by atomic mass is 35.5. The van der Waals surface area contributed by atoms with Gasteiger partial charge in [-0.25, -0.2) is 0 Å². The van der Waals surface area contributed by atoms with Gasteiger partial charge in [-0.15, -0.1) is 12.4 Å². The largest absolute Gasteiger partial charge is 0.346 e. The standard InChI is InChI=1S/C17H22ClN3O2.ClH/c18-13-4-6-14(7-5-13)21-15(22)10-20-16(23)17-8-2-1-3-12(17)9-19-11-17;/h4-7,12,19H,1-3,8-11H2,(H,20,23)(H,21,22);1H/t12-,17+;/m0./s1. The molecule has 2 atom stereocenters. The molecule has 3 N–H and O–H groups in total. The van der Waals surface area contributed by atoms with E-state index in [9.17, 15) is 9.59 Å². The van der Waals surface area contributed by atoms with Crippen LogP contribution in [0.4, 0.5) is 5.69 Å². The molecule has 24 heavy (non-hydrogen) atoms. The fraction of sp³-hybridized carbons (Fsp3) is 0.529. The molecule has 1 aliphatic carbocycles. The maximum absolute atomic E-state index is 12.7. The SMILES string of the molecule is Cl.O=C(CNC(=O)[C@@]12CCCC[C@H]1CNC2)Nc1ccc(Cl)cc1. The van der Waals surface area contributed by atoms with Gasteiger partial charge in [0.1, 0.15) is 0 Å². The van der Waals surface area contributed by atoms with Crippen molar-refractivity contribution in [3.63, 3.8) is 0 Å². The molecule has 1 aromatic rings. The van der Waals surface area contributed by atoms with E-state index >= 15 is 0 Å². The van der Waals surface area contributed by atoms with E-state index in [2.05, 4.69) is 16.0 Å². The fourth-order valence-corrected chi connectivity index (χ4v) is 3.89. The Morgan fingerprint density at radius 1 is 1.25 bits per heavy atom. The predicted octanol–water partition coefficient (Wildman–Crippen LogP) is 2.60. The smallest absolute Gasteiger partial charge is 0.243 e. The van der Waals surface area contributed by atoms with Crippen LogP contribution in [0.1, 0.15) is 25.7 Å². The Morgan fingerprint density at radius 3 is 2.75 bits per heavy atom. The molecule has 0 unspecified atom stereocenters. The average Bonchev–Trinajstić information content (AvgIpc) is 3.00. The van der Waals surface area contributed by atoms with Gasteiger partial charge >= 0.3 is 0 Å². The van der Waals surface area contributed by atoms with Crippen molar-refractivity contribution in [3.05, 3.63) is 29.3 Å². The van der Waals surface area contributed by atoms with Crippen molar-refractivity contribution in [1.29, 1.82) is 0 Å². The highest BCUT2D eigenvalue weighted by Gasteiger charge is 2.49. The molecule has 1 saturated heterocycles. The zero-order chi connectivity index (χ0) is 16.3. The molecular formula is C17H23Cl2N3O2. The van der Waals surface area contributed by atoms with Crippen molar-refractivity contribution in [2.75, 3.05) is 25.0 Å². The Kier molecular flexibility index (Phi) is 6.49. The first-order valence-corrected chi connectivity index (χ1v) is 8.52. The number of hydrogen-bond acceptors (Lipinski definition) is 3. The summed E-state index contributed by atoms with van der Waals surface area (Å²) >= 11 is 5.81. The summed E-state index contributed by atoms with van der Waals surface area (Å²) in [6.07, 6.45) is 4.29. The number of carbonyl (C=O) groups excluding carboxylic acids is 2. The van der Waals surface area contributed by atoms with Crippen LogP contribution in [0.3, 0.4) is 0 Å². The Bertz CT molecular complexity index is 594. The molecule has 2 aliphatic rings. The van der Waals surface area contributed by atoms with Crippen LogP contribution in [-0.4, -0.2) is 31.4 Å². The quantitative estimate of drug-likeness (QED) is 0.761. The summed E-state index contributed by atoms with van der Waals surface area (Å²) in [5.74, 6) is 0.185. The molecule has 7 heteroatoms. The molecule has 0 aromatic heterocycles. The third-order valence-corrected chi connectivity index (χ3v) is 5.28. The maximum atomic E-state index is 12.7. The summed E-state index contributed by atoms with van der Waals surface area (Å²) in [5.41, 5.74) is 0.351. The highest BCUT2D eigenvalue weighted by Crippen LogP contribution is 2.43. The van der Waals surface area contributed by atoms with Gasteiger partial charge in [0, 0.05) is 17.3 Å². The molecule has 1 aromatic carbocycles. The van der Waals surface area contributed by atoms with Gasteiger partial charge in [-0.3, -0.25) is 9.59 Å². The first-order valence-electron chi connectivity index (χ1n) is 8.15. The summed E-state index contributed by atoms with van der Waals surface area (Å²) < 4.78 is 0. The van der Waals surface area contributed by atoms with Crippen LogP contribution in [0.2, 0.25) is 5.02 Å². The van der Waals surface area contributed by atoms with Crippen LogP contribution >= 0.6 is 24.0 Å². The third-order valence-electron chi connectivity index (χ3n) is 5.03. The number of amides is 2. The Balaban J connectivity index is 0.00000208. The zero-order valence-corrected chi connectivity index (χ0v) is 15.0. The maximum Gasteiger partial charge on any atom is 0.243 e. The minimum atomic E-state index is -0.321. The van der Waals surface area contributed by atoms with Gasteiger partial charge in [0.05, 0.1) is 12.0 Å². The zero-order valence-electron chi connectivity index (χ0n) is 13.4. The lowest BCUT2D eigenvalue weighted by Crippen LogP contribution is -2.49. The Labute approximate surface area is 153 Å². The number of hydrogen-bond donors (Lipinski definition) is 3. The van der Waals surface area contributed by atoms with Crippen LogP contribution in [-0.2, 0) is 9.59 Å². The van der Waals surface area contributed by atoms with E-state index in [0.717, 1.165) is 32.4 Å². The van der Waals surface area contributed by atoms with E-state index < -0.39 is 0 Å². The minimum Gasteiger partial charge on any atom is -0.346 e. The molecular weight excluding hydrogens is 349 g/mol. The van der Waals surface area contributed by atoms with Crippen molar-refractivity contribution in [2.24, 2.45) is 11.3 Å². The second kappa shape index (κ2) is 8.19. The minimum absolute atomic E-state index is 0. The van der Waals surface area contributed by atoms with Crippen molar-refractivity contribution >= 4 is 41.5 Å². The summed E-state index contributed by atoms with van der Waals surface area (Å²) in [5, 5.41) is 9.55. The monoisotopic (exact) mass is 371 g/mol. The van der Waals surface area contributed by atoms with Gasteiger partial charge in [0.25, 0.3) is 0 Å². The molecule has 5 nitrogen and oxygen atoms in total. The number of benzene rings is 1. The predicted molar refractivity (Wildman–Crippen MR) is 97.6 cm³/mol. The highest BCUT2D eigenvalue weighted by molar-refractivity contribution is 6.30. The normalized spacial score (nSPS) is 25.3. The van der Waals surface area contributed by atoms with Crippen LogP contribution < -0.4 is 16.0 Å². The molecule has 1 heterocycles. The van der Waals surface area contributed by atoms with Gasteiger partial charge in [-0.1, -0.05) is 24.4 Å². The Morgan fingerprint density at radius 2 is 2.00 bits per heavy atom. The van der Waals surface area contributed by atoms with Crippen LogP contribution in [0.5, 0.6) is 0 Å². The fourth-order valence-electron chi connectivity index (χ4n) is 3.77. The summed E-state index contributed by atoms with van der Waals surface area (Å²) in [6.45, 7) is 1.63. The number of rotatable bonds is 4. The second-order valence-electron chi connectivity index (χ2n) is 6.47. The molecule has 1 saturated carbocycles. The van der Waals surface area contributed by atoms with Gasteiger partial charge in [0.15, 0.2) is 0 Å². The molecule has 2 amide bonds. The van der Waals surface area contributed by atoms with Crippen molar-refractivity contribution in [3.8, 4) is 0 Å². The van der Waals surface area contributed by atoms with Crippen LogP contribution in [0.25, 0.3) is 0 Å². The molecule has 0 radical (unpaired) electrons. The van der Waals surface area contributed by atoms with Gasteiger partial charge in [0.2, 0.25) is 11.8 Å². The van der Waals surface area contributed by atoms with E-state index in [-0.39, 0.29) is 36.2 Å². The summed E-state index contributed by atoms with van der Waals surface area (Å²) in [7, 11) is 0. The van der Waals surface area contributed by atoms with E-state index in [1.807, 2.05) is 0 Å². The lowest BCUT2D eigenvalue weighted by Gasteiger charge is -2.37. The molecule has 1 aliphatic heterocycles. The van der Waals surface area contributed by atoms with E-state index in [1.165, 1.54) is 6.42 Å². The van der Waals surface area contributed by atoms with E-state index in [0.29, 0.717) is 16.6 Å². The van der Waals surface area contributed by atoms with E-state index in [1.54, 1.807) is 24.3 Å². The summed E-state index contributed by atoms with van der Waals surface area (Å²) in [4.78, 5) is 24.7. The third kappa shape index (κ3) is 4.02. The number of nitrogens with one attached hydrogen (secondary N) is 3. The van der Waals surface area contributed by atoms with Crippen molar-refractivity contribution in [2.45, 2.75) is 25.7 Å². The van der Waals surface area contributed by atoms with Crippen molar-refractivity contribution in [1.82, 2.24) is 10.6 Å². The molecule has 0 spiro atoms. The molecule has 2 fully saturated rings. The number of anilines is 1.